The zero-order valence-corrected chi connectivity index (χ0v) is 31.1. The number of nitrogens with zero attached hydrogens (tertiary/aromatic N) is 3. The lowest BCUT2D eigenvalue weighted by Crippen LogP contribution is -2.48. The lowest BCUT2D eigenvalue weighted by atomic mass is 9.95. The first-order valence-corrected chi connectivity index (χ1v) is 18.2. The van der Waals surface area contributed by atoms with Gasteiger partial charge in [0, 0.05) is 67.0 Å². The molecule has 4 aromatic rings. The van der Waals surface area contributed by atoms with E-state index < -0.39 is 30.1 Å². The Morgan fingerprint density at radius 1 is 0.962 bits per heavy atom. The molecule has 2 aliphatic heterocycles. The highest BCUT2D eigenvalue weighted by Crippen LogP contribution is 2.48. The van der Waals surface area contributed by atoms with Crippen LogP contribution < -0.4 is 25.0 Å². The molecular weight excluding hydrogens is 706 g/mol. The molecule has 0 bridgehead atoms. The van der Waals surface area contributed by atoms with Gasteiger partial charge in [0.25, 0.3) is 0 Å². The molecule has 1 saturated heterocycles. The first kappa shape index (κ1) is 37.8. The molecule has 3 amide bonds. The maximum absolute atomic E-state index is 13.3. The van der Waals surface area contributed by atoms with Gasteiger partial charge in [-0.1, -0.05) is 24.3 Å². The molecule has 1 unspecified atom stereocenters. The summed E-state index contributed by atoms with van der Waals surface area (Å²) in [4.78, 5) is 42.6. The smallest absolute Gasteiger partial charge is 0.415 e. The number of likely N-dealkylation sites (N-methyl/N-ethyl adjacent to an activating group) is 1. The molecule has 0 radical (unpaired) electrons. The van der Waals surface area contributed by atoms with Crippen molar-refractivity contribution < 1.29 is 42.9 Å². The van der Waals surface area contributed by atoms with E-state index in [9.17, 15) is 19.5 Å². The molecule has 1 fully saturated rings. The van der Waals surface area contributed by atoms with Crippen molar-refractivity contribution >= 4 is 57.3 Å². The molecule has 3 heterocycles. The predicted molar refractivity (Wildman–Crippen MR) is 200 cm³/mol. The molecule has 15 heteroatoms. The van der Waals surface area contributed by atoms with Crippen molar-refractivity contribution in [2.24, 2.45) is 0 Å². The number of carbonyl (C=O) groups excluding carboxylic acids is 3. The highest BCUT2D eigenvalue weighted by atomic mass is 35.5. The van der Waals surface area contributed by atoms with Crippen LogP contribution >= 0.6 is 11.6 Å². The highest BCUT2D eigenvalue weighted by Gasteiger charge is 2.36. The second-order valence-corrected chi connectivity index (χ2v) is 14.4. The molecule has 3 aromatic carbocycles. The van der Waals surface area contributed by atoms with Gasteiger partial charge in [-0.15, -0.1) is 11.6 Å². The Balaban J connectivity index is 1.09. The molecule has 3 N–H and O–H groups in total. The number of benzene rings is 3. The Morgan fingerprint density at radius 3 is 2.42 bits per heavy atom. The van der Waals surface area contributed by atoms with Crippen LogP contribution in [-0.4, -0.2) is 111 Å². The minimum Gasteiger partial charge on any atom is -0.492 e. The number of anilines is 1. The third kappa shape index (κ3) is 9.18. The number of halogens is 1. The van der Waals surface area contributed by atoms with Gasteiger partial charge in [0.2, 0.25) is 0 Å². The largest absolute Gasteiger partial charge is 0.492 e. The first-order valence-electron chi connectivity index (χ1n) is 17.7. The number of alkyl halides is 1. The van der Waals surface area contributed by atoms with Gasteiger partial charge in [-0.3, -0.25) is 0 Å². The molecule has 0 aliphatic carbocycles. The maximum Gasteiger partial charge on any atom is 0.415 e. The minimum absolute atomic E-state index is 0.0189. The summed E-state index contributed by atoms with van der Waals surface area (Å²) in [6.07, 6.45) is -2.79. The van der Waals surface area contributed by atoms with Crippen LogP contribution in [0.1, 0.15) is 44.2 Å². The third-order valence-electron chi connectivity index (χ3n) is 9.01. The Morgan fingerprint density at radius 2 is 1.68 bits per heavy atom. The average molecular weight is 752 g/mol. The number of aliphatic hydroxyl groups excluding tert-OH is 1. The molecule has 2 aliphatic rings. The normalized spacial score (nSPS) is 16.7. The number of piperazine rings is 1. The molecule has 1 aromatic heterocycles. The van der Waals surface area contributed by atoms with Crippen LogP contribution in [0.4, 0.5) is 20.1 Å². The summed E-state index contributed by atoms with van der Waals surface area (Å²) in [7, 11) is 2.03. The number of ether oxygens (including phenoxy) is 4. The van der Waals surface area contributed by atoms with Crippen molar-refractivity contribution in [3.8, 4) is 11.5 Å². The molecule has 14 nitrogen and oxygen atoms in total. The van der Waals surface area contributed by atoms with Gasteiger partial charge in [0.05, 0.1) is 13.1 Å². The minimum atomic E-state index is -1.16. The fourth-order valence-electron chi connectivity index (χ4n) is 6.43. The van der Waals surface area contributed by atoms with Crippen LogP contribution in [0.25, 0.3) is 21.7 Å². The number of hydrogen-bond donors (Lipinski definition) is 3. The molecule has 6 rings (SSSR count). The number of furan rings is 1. The van der Waals surface area contributed by atoms with Gasteiger partial charge in [-0.25, -0.2) is 14.4 Å². The van der Waals surface area contributed by atoms with Crippen LogP contribution in [-0.2, 0) is 9.47 Å². The number of amides is 3. The van der Waals surface area contributed by atoms with Crippen LogP contribution in [0, 0.1) is 0 Å². The van der Waals surface area contributed by atoms with E-state index in [0.717, 1.165) is 40.5 Å². The van der Waals surface area contributed by atoms with E-state index in [2.05, 4.69) is 15.5 Å². The average Bonchev–Trinajstić information content (AvgIpc) is 3.73. The number of alkyl carbamates (subject to hydrolysis) is 2. The second kappa shape index (κ2) is 16.4. The van der Waals surface area contributed by atoms with Gasteiger partial charge in [-0.2, -0.15) is 0 Å². The van der Waals surface area contributed by atoms with E-state index in [4.69, 9.17) is 35.0 Å². The van der Waals surface area contributed by atoms with E-state index in [-0.39, 0.29) is 32.2 Å². The second-order valence-electron chi connectivity index (χ2n) is 14.1. The van der Waals surface area contributed by atoms with E-state index >= 15 is 0 Å². The third-order valence-corrected chi connectivity index (χ3v) is 9.38. The van der Waals surface area contributed by atoms with Crippen molar-refractivity contribution in [3.05, 3.63) is 65.9 Å². The Hall–Kier alpha value is -4.92. The number of carbonyl (C=O) groups is 3. The Labute approximate surface area is 312 Å². The highest BCUT2D eigenvalue weighted by molar-refractivity contribution is 6.18. The monoisotopic (exact) mass is 751 g/mol. The Bertz CT molecular complexity index is 1940. The lowest BCUT2D eigenvalue weighted by Gasteiger charge is -2.31. The number of hydrogen-bond acceptors (Lipinski definition) is 11. The van der Waals surface area contributed by atoms with Crippen molar-refractivity contribution in [1.29, 1.82) is 0 Å². The molecule has 284 valence electrons. The maximum atomic E-state index is 13.3. The fraction of sp³-hybridized carbons (Fsp3) is 0.447. The predicted octanol–water partition coefficient (Wildman–Crippen LogP) is 5.80. The summed E-state index contributed by atoms with van der Waals surface area (Å²) in [5.74, 6) is 1.54. The lowest BCUT2D eigenvalue weighted by molar-refractivity contribution is 0.0511. The summed E-state index contributed by atoms with van der Waals surface area (Å²) >= 11 is 6.51. The summed E-state index contributed by atoms with van der Waals surface area (Å²) in [6, 6.07) is 16.6. The van der Waals surface area contributed by atoms with Crippen LogP contribution in [0.5, 0.6) is 11.5 Å². The quantitative estimate of drug-likeness (QED) is 0.126. The summed E-state index contributed by atoms with van der Waals surface area (Å²) in [5.41, 5.74) is 1.64. The van der Waals surface area contributed by atoms with Crippen molar-refractivity contribution in [2.45, 2.75) is 38.5 Å². The number of rotatable bonds is 11. The van der Waals surface area contributed by atoms with E-state index in [0.29, 0.717) is 48.4 Å². The van der Waals surface area contributed by atoms with Crippen LogP contribution in [0.3, 0.4) is 0 Å². The summed E-state index contributed by atoms with van der Waals surface area (Å²) in [6.45, 7) is 8.87. The Kier molecular flexibility index (Phi) is 11.7. The van der Waals surface area contributed by atoms with Gasteiger partial charge in [-0.05, 0) is 63.0 Å². The van der Waals surface area contributed by atoms with Gasteiger partial charge in [0.15, 0.2) is 12.0 Å². The topological polar surface area (TPSA) is 155 Å². The zero-order valence-electron chi connectivity index (χ0n) is 30.4. The van der Waals surface area contributed by atoms with E-state index in [1.165, 1.54) is 0 Å². The molecule has 2 atom stereocenters. The standard InChI is InChI=1S/C38H46ClN5O9/c1-38(2,3)53-36(47)41-12-18-50-35(46)40-11-17-49-26-9-10-30-24(19-26)20-32(51-30)34(45)44-23-25(22-39)33-28-8-6-5-7-27(28)31(21-29(33)44)52-37(48)43-15-13-42(4)14-16-43/h5-10,19-21,25,34,45H,11-18,22-23H2,1-4H3,(H,40,46)(H,41,47)/t25-,34?/m1/s1. The molecular formula is C38H46ClN5O9. The van der Waals surface area contributed by atoms with Crippen molar-refractivity contribution in [2.75, 3.05) is 76.9 Å². The fourth-order valence-corrected chi connectivity index (χ4v) is 6.68. The molecule has 0 saturated carbocycles. The SMILES string of the molecule is CN1CCN(C(=O)Oc2cc3c(c4ccccc24)[C@H](CCl)CN3C(O)c2cc3cc(OCCNC(=O)OCCNC(=O)OC(C)(C)C)ccc3o2)CC1. The first-order chi connectivity index (χ1) is 25.4. The zero-order chi connectivity index (χ0) is 37.7. The number of fused-ring (bicyclic) bond motifs is 4. The van der Waals surface area contributed by atoms with Crippen LogP contribution in [0.2, 0.25) is 0 Å². The van der Waals surface area contributed by atoms with Crippen LogP contribution in [0.15, 0.2) is 59.0 Å². The van der Waals surface area contributed by atoms with Gasteiger partial charge < -0.3 is 53.8 Å². The van der Waals surface area contributed by atoms with Crippen molar-refractivity contribution in [3.63, 3.8) is 0 Å². The van der Waals surface area contributed by atoms with Gasteiger partial charge >= 0.3 is 18.3 Å². The molecule has 0 spiro atoms. The summed E-state index contributed by atoms with van der Waals surface area (Å²) < 4.78 is 28.2. The van der Waals surface area contributed by atoms with E-state index in [1.807, 2.05) is 42.3 Å². The number of aliphatic hydroxyl groups is 1. The summed E-state index contributed by atoms with van der Waals surface area (Å²) in [5, 5.41) is 19.3. The van der Waals surface area contributed by atoms with Crippen molar-refractivity contribution in [1.82, 2.24) is 20.4 Å². The molecule has 53 heavy (non-hydrogen) atoms. The number of nitrogens with one attached hydrogen (secondary N) is 2. The van der Waals surface area contributed by atoms with E-state index in [1.54, 1.807) is 49.9 Å². The van der Waals surface area contributed by atoms with Gasteiger partial charge in [0.1, 0.15) is 35.9 Å².